The Kier molecular flexibility index (Phi) is 1.99. The maximum absolute atomic E-state index is 4.28. The van der Waals surface area contributed by atoms with Crippen LogP contribution in [-0.2, 0) is 0 Å². The van der Waals surface area contributed by atoms with Gasteiger partial charge >= 0.3 is 0 Å². The second-order valence-electron chi connectivity index (χ2n) is 5.94. The second kappa shape index (κ2) is 3.76. The van der Waals surface area contributed by atoms with E-state index in [1.165, 1.54) is 32.3 Å². The molecule has 5 rings (SSSR count). The van der Waals surface area contributed by atoms with Crippen LogP contribution in [0, 0.1) is 5.92 Å². The first-order chi connectivity index (χ1) is 10.3. The van der Waals surface area contributed by atoms with E-state index in [9.17, 15) is 0 Å². The molecule has 1 atom stereocenters. The quantitative estimate of drug-likeness (QED) is 0.492. The van der Waals surface area contributed by atoms with Crippen molar-refractivity contribution in [2.45, 2.75) is 13.3 Å². The molecule has 3 heteroatoms. The van der Waals surface area contributed by atoms with Crippen molar-refractivity contribution in [1.29, 1.82) is 0 Å². The standard InChI is InChI=1S/C18H13N3/c1-10-5-6-13-12(7-10)8-11-3-2-4-14-16(11)17(13)15-9-19-21-20-18(14)15/h2-4,6-10H,5H2,1H3. The smallest absolute Gasteiger partial charge is 0.105 e. The number of hydrogen-bond acceptors (Lipinski definition) is 3. The minimum atomic E-state index is 0.597. The van der Waals surface area contributed by atoms with Crippen LogP contribution in [0.1, 0.15) is 13.3 Å². The molecule has 3 aromatic rings. The van der Waals surface area contributed by atoms with Crippen LogP contribution < -0.4 is 10.4 Å². The zero-order chi connectivity index (χ0) is 14.0. The van der Waals surface area contributed by atoms with Crippen molar-refractivity contribution in [2.24, 2.45) is 5.92 Å². The Bertz CT molecular complexity index is 1030. The molecule has 0 spiro atoms. The molecule has 1 heterocycles. The van der Waals surface area contributed by atoms with Crippen LogP contribution in [-0.4, -0.2) is 15.4 Å². The number of hydrogen-bond donors (Lipinski definition) is 0. The fourth-order valence-electron chi connectivity index (χ4n) is 3.66. The molecule has 0 aliphatic heterocycles. The summed E-state index contributed by atoms with van der Waals surface area (Å²) in [7, 11) is 0. The maximum Gasteiger partial charge on any atom is 0.105 e. The van der Waals surface area contributed by atoms with Gasteiger partial charge in [-0.15, -0.1) is 10.2 Å². The predicted octanol–water partition coefficient (Wildman–Crippen LogP) is 2.27. The normalized spacial score (nSPS) is 17.9. The minimum Gasteiger partial charge on any atom is -0.138 e. The Balaban J connectivity index is 2.10. The van der Waals surface area contributed by atoms with Crippen molar-refractivity contribution in [3.8, 4) is 22.4 Å². The van der Waals surface area contributed by atoms with Crippen LogP contribution in [0.4, 0.5) is 0 Å². The van der Waals surface area contributed by atoms with Crippen LogP contribution in [0.25, 0.3) is 45.3 Å². The summed E-state index contributed by atoms with van der Waals surface area (Å²) in [6.45, 7) is 2.26. The molecular formula is C18H13N3. The van der Waals surface area contributed by atoms with E-state index in [2.05, 4.69) is 58.8 Å². The third kappa shape index (κ3) is 1.35. The van der Waals surface area contributed by atoms with E-state index in [-0.39, 0.29) is 0 Å². The van der Waals surface area contributed by atoms with Gasteiger partial charge in [0, 0.05) is 16.7 Å². The van der Waals surface area contributed by atoms with Crippen molar-refractivity contribution in [1.82, 2.24) is 15.4 Å². The van der Waals surface area contributed by atoms with Crippen LogP contribution in [0.5, 0.6) is 0 Å². The van der Waals surface area contributed by atoms with Gasteiger partial charge < -0.3 is 0 Å². The van der Waals surface area contributed by atoms with Crippen LogP contribution in [0.3, 0.4) is 0 Å². The summed E-state index contributed by atoms with van der Waals surface area (Å²) >= 11 is 0. The topological polar surface area (TPSA) is 38.7 Å². The van der Waals surface area contributed by atoms with Crippen molar-refractivity contribution < 1.29 is 0 Å². The van der Waals surface area contributed by atoms with Crippen LogP contribution in [0.2, 0.25) is 0 Å². The van der Waals surface area contributed by atoms with Crippen LogP contribution in [0.15, 0.2) is 30.5 Å². The van der Waals surface area contributed by atoms with Gasteiger partial charge in [0.2, 0.25) is 0 Å². The first kappa shape index (κ1) is 11.1. The third-order valence-electron chi connectivity index (χ3n) is 4.56. The van der Waals surface area contributed by atoms with Gasteiger partial charge in [-0.25, -0.2) is 0 Å². The van der Waals surface area contributed by atoms with Crippen LogP contribution >= 0.6 is 0 Å². The Morgan fingerprint density at radius 2 is 2.14 bits per heavy atom. The second-order valence-corrected chi connectivity index (χ2v) is 5.94. The molecule has 0 bridgehead atoms. The van der Waals surface area contributed by atoms with Gasteiger partial charge in [-0.2, -0.15) is 0 Å². The highest BCUT2D eigenvalue weighted by atomic mass is 15.3. The lowest BCUT2D eigenvalue weighted by Gasteiger charge is -2.11. The van der Waals surface area contributed by atoms with Crippen molar-refractivity contribution in [2.75, 3.05) is 0 Å². The van der Waals surface area contributed by atoms with E-state index in [1.54, 1.807) is 0 Å². The maximum atomic E-state index is 4.28. The Morgan fingerprint density at radius 3 is 3.10 bits per heavy atom. The van der Waals surface area contributed by atoms with Gasteiger partial charge in [0.1, 0.15) is 5.69 Å². The zero-order valence-corrected chi connectivity index (χ0v) is 11.7. The molecule has 3 nitrogen and oxygen atoms in total. The van der Waals surface area contributed by atoms with E-state index in [4.69, 9.17) is 0 Å². The summed E-state index contributed by atoms with van der Waals surface area (Å²) < 4.78 is 0. The monoisotopic (exact) mass is 271 g/mol. The largest absolute Gasteiger partial charge is 0.138 e. The van der Waals surface area contributed by atoms with Gasteiger partial charge in [-0.1, -0.05) is 37.3 Å². The fraction of sp³-hybridized carbons (Fsp3) is 0.167. The number of benzene rings is 2. The number of rotatable bonds is 0. The Morgan fingerprint density at radius 1 is 1.19 bits per heavy atom. The average Bonchev–Trinajstić information content (AvgIpc) is 2.84. The van der Waals surface area contributed by atoms with E-state index in [0.29, 0.717) is 5.92 Å². The van der Waals surface area contributed by atoms with Gasteiger partial charge in [0.25, 0.3) is 0 Å². The van der Waals surface area contributed by atoms with E-state index in [1.807, 2.05) is 6.20 Å². The summed E-state index contributed by atoms with van der Waals surface area (Å²) in [5.41, 5.74) is 4.55. The number of fused-ring (bicyclic) bond motifs is 5. The summed E-state index contributed by atoms with van der Waals surface area (Å²) in [6.07, 6.45) is 7.68. The minimum absolute atomic E-state index is 0.597. The highest BCUT2D eigenvalue weighted by Gasteiger charge is 2.25. The molecule has 0 fully saturated rings. The highest BCUT2D eigenvalue weighted by molar-refractivity contribution is 6.14. The van der Waals surface area contributed by atoms with Gasteiger partial charge in [0.15, 0.2) is 0 Å². The predicted molar refractivity (Wildman–Crippen MR) is 83.7 cm³/mol. The molecule has 21 heavy (non-hydrogen) atoms. The summed E-state index contributed by atoms with van der Waals surface area (Å²) in [4.78, 5) is 0. The van der Waals surface area contributed by atoms with Crippen molar-refractivity contribution in [3.63, 3.8) is 0 Å². The first-order valence-corrected chi connectivity index (χ1v) is 7.30. The van der Waals surface area contributed by atoms with E-state index < -0.39 is 0 Å². The fourth-order valence-corrected chi connectivity index (χ4v) is 3.66. The van der Waals surface area contributed by atoms with Gasteiger partial charge in [-0.05, 0) is 44.8 Å². The summed E-state index contributed by atoms with van der Waals surface area (Å²) in [6, 6.07) is 8.72. The lowest BCUT2D eigenvalue weighted by Crippen LogP contribution is -2.30. The average molecular weight is 271 g/mol. The van der Waals surface area contributed by atoms with Gasteiger partial charge in [-0.3, -0.25) is 0 Å². The van der Waals surface area contributed by atoms with E-state index >= 15 is 0 Å². The molecule has 0 N–H and O–H groups in total. The molecule has 2 aromatic carbocycles. The molecule has 1 unspecified atom stereocenters. The Labute approximate surface area is 121 Å². The SMILES string of the molecule is CC1C=c2cc3cccc4c3c(c2=CC1)-c1cnnnc1-4. The molecular weight excluding hydrogens is 258 g/mol. The first-order valence-electron chi connectivity index (χ1n) is 7.30. The number of aromatic nitrogens is 3. The molecule has 0 saturated carbocycles. The summed E-state index contributed by atoms with van der Waals surface area (Å²) in [5, 5.41) is 17.4. The highest BCUT2D eigenvalue weighted by Crippen LogP contribution is 2.43. The van der Waals surface area contributed by atoms with Gasteiger partial charge in [0.05, 0.1) is 6.20 Å². The van der Waals surface area contributed by atoms with Crippen molar-refractivity contribution in [3.05, 3.63) is 40.9 Å². The third-order valence-corrected chi connectivity index (χ3v) is 4.56. The number of nitrogens with zero attached hydrogens (tertiary/aromatic N) is 3. The molecule has 1 aromatic heterocycles. The molecule has 0 saturated heterocycles. The zero-order valence-electron chi connectivity index (χ0n) is 11.7. The molecule has 0 amide bonds. The Hall–Kier alpha value is -2.55. The molecule has 0 radical (unpaired) electrons. The van der Waals surface area contributed by atoms with E-state index in [0.717, 1.165) is 17.7 Å². The van der Waals surface area contributed by atoms with Crippen molar-refractivity contribution >= 4 is 22.9 Å². The molecule has 2 aliphatic rings. The molecule has 2 aliphatic carbocycles. The molecule has 100 valence electrons. The lowest BCUT2D eigenvalue weighted by molar-refractivity contribution is 0.801. The summed E-state index contributed by atoms with van der Waals surface area (Å²) in [5.74, 6) is 0.597. The lowest BCUT2D eigenvalue weighted by atomic mass is 9.92.